The van der Waals surface area contributed by atoms with Crippen molar-refractivity contribution in [3.63, 3.8) is 0 Å². The Morgan fingerprint density at radius 2 is 1.41 bits per heavy atom. The Balaban J connectivity index is 1.97. The molecule has 0 N–H and O–H groups in total. The lowest BCUT2D eigenvalue weighted by Gasteiger charge is -2.20. The van der Waals surface area contributed by atoms with Gasteiger partial charge in [-0.25, -0.2) is 4.57 Å². The lowest BCUT2D eigenvalue weighted by Crippen LogP contribution is -2.06. The molecule has 0 atom stereocenters. The first-order chi connectivity index (χ1) is 13.0. The van der Waals surface area contributed by atoms with Crippen molar-refractivity contribution >= 4 is 29.2 Å². The lowest BCUT2D eigenvalue weighted by atomic mass is 10.2. The molecule has 6 nitrogen and oxygen atoms in total. The number of benzene rings is 3. The number of nitrogens with zero attached hydrogens (tertiary/aromatic N) is 1. The van der Waals surface area contributed by atoms with Crippen molar-refractivity contribution in [2.45, 2.75) is 6.16 Å². The first-order valence-electron chi connectivity index (χ1n) is 7.96. The average Bonchev–Trinajstić information content (AvgIpc) is 2.64. The van der Waals surface area contributed by atoms with Crippen LogP contribution in [0.2, 0.25) is 0 Å². The molecule has 0 aliphatic rings. The van der Waals surface area contributed by atoms with E-state index in [0.717, 1.165) is 0 Å². The van der Waals surface area contributed by atoms with Crippen LogP contribution in [-0.2, 0) is 10.7 Å². The molecule has 0 aliphatic heterocycles. The molecule has 0 amide bonds. The third-order valence-electron chi connectivity index (χ3n) is 3.58. The quantitative estimate of drug-likeness (QED) is 0.244. The zero-order valence-electron chi connectivity index (χ0n) is 14.0. The average molecular weight is 448 g/mol. The minimum absolute atomic E-state index is 0.155. The second kappa shape index (κ2) is 8.37. The SMILES string of the molecule is O=[N+]([O-])c1cc(Br)ccc1CP(=O)(Oc1ccccc1)Oc1ccccc1. The molecule has 0 saturated carbocycles. The molecule has 0 aromatic heterocycles. The summed E-state index contributed by atoms with van der Waals surface area (Å²) in [4.78, 5) is 10.9. The van der Waals surface area contributed by atoms with Gasteiger partial charge in [0.05, 0.1) is 4.92 Å². The van der Waals surface area contributed by atoms with E-state index < -0.39 is 12.5 Å². The van der Waals surface area contributed by atoms with E-state index in [1.165, 1.54) is 12.1 Å². The van der Waals surface area contributed by atoms with Gasteiger partial charge in [-0.05, 0) is 30.3 Å². The normalized spacial score (nSPS) is 11.0. The molecule has 27 heavy (non-hydrogen) atoms. The molecule has 0 aliphatic carbocycles. The van der Waals surface area contributed by atoms with Crippen molar-refractivity contribution in [1.82, 2.24) is 0 Å². The highest BCUT2D eigenvalue weighted by Crippen LogP contribution is 2.52. The van der Waals surface area contributed by atoms with Gasteiger partial charge in [0.2, 0.25) is 0 Å². The molecule has 0 bridgehead atoms. The molecule has 138 valence electrons. The summed E-state index contributed by atoms with van der Waals surface area (Å²) in [7, 11) is -3.79. The number of halogens is 1. The van der Waals surface area contributed by atoms with E-state index in [0.29, 0.717) is 16.0 Å². The fourth-order valence-corrected chi connectivity index (χ4v) is 4.50. The van der Waals surface area contributed by atoms with Crippen molar-refractivity contribution in [3.05, 3.63) is 99.0 Å². The number of hydrogen-bond acceptors (Lipinski definition) is 5. The first-order valence-corrected chi connectivity index (χ1v) is 10.5. The molecule has 0 radical (unpaired) electrons. The number of nitro groups is 1. The number of hydrogen-bond donors (Lipinski definition) is 0. The van der Waals surface area contributed by atoms with Crippen molar-refractivity contribution < 1.29 is 18.5 Å². The van der Waals surface area contributed by atoms with Gasteiger partial charge in [0.15, 0.2) is 0 Å². The summed E-state index contributed by atoms with van der Waals surface area (Å²) in [5.74, 6) is 0.716. The van der Waals surface area contributed by atoms with Gasteiger partial charge in [-0.3, -0.25) is 10.1 Å². The third kappa shape index (κ3) is 5.18. The molecule has 3 aromatic carbocycles. The van der Waals surface area contributed by atoms with E-state index in [4.69, 9.17) is 9.05 Å². The van der Waals surface area contributed by atoms with Crippen molar-refractivity contribution in [2.75, 3.05) is 0 Å². The monoisotopic (exact) mass is 447 g/mol. The second-order valence-electron chi connectivity index (χ2n) is 5.61. The van der Waals surface area contributed by atoms with Crippen LogP contribution in [0.3, 0.4) is 0 Å². The number of rotatable bonds is 7. The Morgan fingerprint density at radius 1 is 0.889 bits per heavy atom. The smallest absolute Gasteiger partial charge is 0.416 e. The van der Waals surface area contributed by atoms with E-state index >= 15 is 0 Å². The molecular formula is C19H15BrNO5P. The molecule has 0 fully saturated rings. The molecule has 3 aromatic rings. The van der Waals surface area contributed by atoms with Crippen LogP contribution in [0, 0.1) is 10.1 Å². The molecule has 8 heteroatoms. The van der Waals surface area contributed by atoms with Crippen LogP contribution in [-0.4, -0.2) is 4.92 Å². The fourth-order valence-electron chi connectivity index (χ4n) is 2.42. The summed E-state index contributed by atoms with van der Waals surface area (Å²) in [5.41, 5.74) is 0.108. The van der Waals surface area contributed by atoms with E-state index in [9.17, 15) is 14.7 Å². The van der Waals surface area contributed by atoms with Crippen molar-refractivity contribution in [3.8, 4) is 11.5 Å². The zero-order valence-corrected chi connectivity index (χ0v) is 16.5. The minimum atomic E-state index is -3.79. The van der Waals surface area contributed by atoms with Crippen LogP contribution in [0.4, 0.5) is 5.69 Å². The number of para-hydroxylation sites is 2. The highest BCUT2D eigenvalue weighted by Gasteiger charge is 2.32. The maximum absolute atomic E-state index is 13.5. The topological polar surface area (TPSA) is 78.7 Å². The van der Waals surface area contributed by atoms with Gasteiger partial charge < -0.3 is 9.05 Å². The van der Waals surface area contributed by atoms with Crippen LogP contribution in [0.15, 0.2) is 83.3 Å². The summed E-state index contributed by atoms with van der Waals surface area (Å²) in [6.07, 6.45) is -0.250. The van der Waals surface area contributed by atoms with Crippen LogP contribution in [0.5, 0.6) is 11.5 Å². The Kier molecular flexibility index (Phi) is 5.94. The Labute approximate surface area is 164 Å². The van der Waals surface area contributed by atoms with Crippen LogP contribution >= 0.6 is 23.5 Å². The fraction of sp³-hybridized carbons (Fsp3) is 0.0526. The summed E-state index contributed by atoms with van der Waals surface area (Å²) in [5, 5.41) is 11.4. The van der Waals surface area contributed by atoms with Gasteiger partial charge in [-0.15, -0.1) is 0 Å². The highest BCUT2D eigenvalue weighted by molar-refractivity contribution is 9.10. The van der Waals surface area contributed by atoms with E-state index in [1.807, 2.05) is 0 Å². The van der Waals surface area contributed by atoms with Gasteiger partial charge >= 0.3 is 7.60 Å². The minimum Gasteiger partial charge on any atom is -0.416 e. The van der Waals surface area contributed by atoms with E-state index in [-0.39, 0.29) is 17.4 Å². The van der Waals surface area contributed by atoms with E-state index in [2.05, 4.69) is 15.9 Å². The van der Waals surface area contributed by atoms with Crippen LogP contribution < -0.4 is 9.05 Å². The molecule has 0 heterocycles. The molecule has 3 rings (SSSR count). The number of nitro benzene ring substituents is 1. The predicted octanol–water partition coefficient (Wildman–Crippen LogP) is 6.21. The highest BCUT2D eigenvalue weighted by atomic mass is 79.9. The summed E-state index contributed by atoms with van der Waals surface area (Å²) >= 11 is 3.22. The Hall–Kier alpha value is -2.63. The first kappa shape index (κ1) is 19.1. The standard InChI is InChI=1S/C19H15BrNO5P/c20-16-12-11-15(19(13-16)21(22)23)14-27(24,25-17-7-3-1-4-8-17)26-18-9-5-2-6-10-18/h1-13H,14H2. The molecular weight excluding hydrogens is 433 g/mol. The Bertz CT molecular complexity index is 936. The van der Waals surface area contributed by atoms with Crippen molar-refractivity contribution in [2.24, 2.45) is 0 Å². The van der Waals surface area contributed by atoms with Gasteiger partial charge in [-0.1, -0.05) is 58.4 Å². The van der Waals surface area contributed by atoms with Crippen molar-refractivity contribution in [1.29, 1.82) is 0 Å². The van der Waals surface area contributed by atoms with Gasteiger partial charge in [0, 0.05) is 16.1 Å². The Morgan fingerprint density at radius 3 is 1.89 bits per heavy atom. The summed E-state index contributed by atoms with van der Waals surface area (Å²) in [6.45, 7) is 0. The lowest BCUT2D eigenvalue weighted by molar-refractivity contribution is -0.385. The zero-order chi connectivity index (χ0) is 19.3. The van der Waals surface area contributed by atoms with E-state index in [1.54, 1.807) is 66.7 Å². The molecule has 0 unspecified atom stereocenters. The summed E-state index contributed by atoms with van der Waals surface area (Å²) < 4.78 is 25.4. The molecule has 0 saturated heterocycles. The third-order valence-corrected chi connectivity index (χ3v) is 5.78. The second-order valence-corrected chi connectivity index (χ2v) is 8.43. The van der Waals surface area contributed by atoms with Gasteiger partial charge in [0.25, 0.3) is 5.69 Å². The van der Waals surface area contributed by atoms with Gasteiger partial charge in [0.1, 0.15) is 17.7 Å². The maximum atomic E-state index is 13.5. The van der Waals surface area contributed by atoms with Crippen LogP contribution in [0.25, 0.3) is 0 Å². The van der Waals surface area contributed by atoms with Gasteiger partial charge in [-0.2, -0.15) is 0 Å². The largest absolute Gasteiger partial charge is 0.435 e. The maximum Gasteiger partial charge on any atom is 0.435 e. The molecule has 0 spiro atoms. The van der Waals surface area contributed by atoms with Crippen LogP contribution in [0.1, 0.15) is 5.56 Å². The summed E-state index contributed by atoms with van der Waals surface area (Å²) in [6, 6.07) is 21.7. The predicted molar refractivity (Wildman–Crippen MR) is 106 cm³/mol.